The largest absolute Gasteiger partial charge is 0.480 e. The molecule has 2 aliphatic heterocycles. The Bertz CT molecular complexity index is 1420. The molecule has 2 saturated heterocycles. The molecule has 0 spiro atoms. The first kappa shape index (κ1) is 27.7. The molecule has 9 nitrogen and oxygen atoms in total. The van der Waals surface area contributed by atoms with Crippen molar-refractivity contribution in [3.8, 4) is 11.9 Å². The van der Waals surface area contributed by atoms with Crippen LogP contribution in [0.5, 0.6) is 11.9 Å². The molecule has 42 heavy (non-hydrogen) atoms. The number of hydrogen-bond acceptors (Lipinski definition) is 9. The van der Waals surface area contributed by atoms with E-state index in [4.69, 9.17) is 39.3 Å². The zero-order valence-corrected chi connectivity index (χ0v) is 27.7. The normalized spacial score (nSPS) is 29.0. The average Bonchev–Trinajstić information content (AvgIpc) is 3.28. The molecule has 2 aromatic heterocycles. The minimum Gasteiger partial charge on any atom is -0.480 e. The maximum absolute atomic E-state index is 15.7. The van der Waals surface area contributed by atoms with Gasteiger partial charge in [0.25, 0.3) is 0 Å². The summed E-state index contributed by atoms with van der Waals surface area (Å²) in [5.74, 6) is -0.306. The molecule has 3 atom stereocenters. The maximum atomic E-state index is 15.7. The first-order chi connectivity index (χ1) is 20.9. The van der Waals surface area contributed by atoms with Crippen molar-refractivity contribution in [2.75, 3.05) is 58.4 Å². The van der Waals surface area contributed by atoms with Gasteiger partial charge in [0.2, 0.25) is 5.88 Å². The summed E-state index contributed by atoms with van der Waals surface area (Å²) in [7, 11) is -0.759. The zero-order chi connectivity index (χ0) is 33.0. The van der Waals surface area contributed by atoms with Crippen LogP contribution in [-0.4, -0.2) is 93.4 Å². The Morgan fingerprint density at radius 3 is 2.67 bits per heavy atom. The Morgan fingerprint density at radius 1 is 1.19 bits per heavy atom. The first-order valence-electron chi connectivity index (χ1n) is 16.4. The van der Waals surface area contributed by atoms with Crippen LogP contribution >= 0.6 is 11.6 Å². The fraction of sp³-hybridized carbons (Fsp3) is 0.767. The van der Waals surface area contributed by atoms with Gasteiger partial charge in [-0.25, -0.2) is 4.39 Å². The summed E-state index contributed by atoms with van der Waals surface area (Å²) in [5, 5.41) is -0.101. The summed E-state index contributed by atoms with van der Waals surface area (Å²) in [6.07, 6.45) is 4.15. The van der Waals surface area contributed by atoms with E-state index in [1.807, 2.05) is 11.8 Å². The third-order valence-corrected chi connectivity index (χ3v) is 14.6. The van der Waals surface area contributed by atoms with E-state index >= 15 is 4.39 Å². The summed E-state index contributed by atoms with van der Waals surface area (Å²) in [6.45, 7) is 13.3. The van der Waals surface area contributed by atoms with Gasteiger partial charge < -0.3 is 28.4 Å². The SMILES string of the molecule is [2H]C([2H])([2H])N1CCC[C@@]2(COc3nc(N4CCOC[C@@](C)(O[Si](C)(C)C(C)(C)C)C4)c4c(OC)nc(Cl)c(F)c4n3)CCC[C@@H]12. The Labute approximate surface area is 259 Å². The van der Waals surface area contributed by atoms with Crippen molar-refractivity contribution in [2.24, 2.45) is 5.41 Å². The summed E-state index contributed by atoms with van der Waals surface area (Å²) in [6, 6.07) is -0.144. The molecular weight excluding hydrogens is 577 g/mol. The maximum Gasteiger partial charge on any atom is 0.319 e. The summed E-state index contributed by atoms with van der Waals surface area (Å²) >= 11 is 6.20. The second-order valence-electron chi connectivity index (χ2n) is 13.9. The highest BCUT2D eigenvalue weighted by molar-refractivity contribution is 6.74. The topological polar surface area (TPSA) is 82.1 Å². The minimum absolute atomic E-state index is 0.0102. The minimum atomic E-state index is -2.20. The van der Waals surface area contributed by atoms with Gasteiger partial charge in [0.15, 0.2) is 19.3 Å². The standard InChI is InChI=1S/C30H47ClFN5O4Si/c1-28(2,3)42(7,8)41-29(4)17-37(15-16-39-18-29)25-21-23(22(32)24(31)34-26(21)38-6)33-27(35-25)40-19-30-12-9-11-20(30)36(5)14-10-13-30/h20H,9-19H2,1-8H3/t20-,29+,30-/m1/s1/i5D3. The number of fused-ring (bicyclic) bond motifs is 2. The molecule has 5 rings (SSSR count). The molecule has 1 aliphatic carbocycles. The molecule has 0 radical (unpaired) electrons. The fourth-order valence-electron chi connectivity index (χ4n) is 6.62. The first-order valence-corrected chi connectivity index (χ1v) is 18.2. The lowest BCUT2D eigenvalue weighted by atomic mass is 9.76. The monoisotopic (exact) mass is 626 g/mol. The second kappa shape index (κ2) is 11.6. The predicted octanol–water partition coefficient (Wildman–Crippen LogP) is 6.09. The molecule has 2 aromatic rings. The van der Waals surface area contributed by atoms with Crippen molar-refractivity contribution in [1.29, 1.82) is 0 Å². The van der Waals surface area contributed by atoms with E-state index in [2.05, 4.69) is 43.8 Å². The lowest BCUT2D eigenvalue weighted by molar-refractivity contribution is -0.00297. The Hall–Kier alpha value is -1.79. The molecule has 3 aliphatic rings. The van der Waals surface area contributed by atoms with Crippen LogP contribution in [0.1, 0.15) is 63.9 Å². The smallest absolute Gasteiger partial charge is 0.319 e. The number of likely N-dealkylation sites (tertiary alicyclic amines) is 1. The lowest BCUT2D eigenvalue weighted by Gasteiger charge is -2.45. The number of pyridine rings is 1. The fourth-order valence-corrected chi connectivity index (χ4v) is 8.45. The molecule has 3 fully saturated rings. The molecule has 1 saturated carbocycles. The third-order valence-electron chi connectivity index (χ3n) is 9.71. The summed E-state index contributed by atoms with van der Waals surface area (Å²) in [4.78, 5) is 17.2. The van der Waals surface area contributed by atoms with Crippen molar-refractivity contribution < 1.29 is 27.1 Å². The molecule has 234 valence electrons. The lowest BCUT2D eigenvalue weighted by Crippen LogP contribution is -2.54. The van der Waals surface area contributed by atoms with Gasteiger partial charge in [0.05, 0.1) is 32.5 Å². The van der Waals surface area contributed by atoms with Crippen molar-refractivity contribution in [3.05, 3.63) is 11.0 Å². The predicted molar refractivity (Wildman–Crippen MR) is 166 cm³/mol. The Morgan fingerprint density at radius 2 is 1.95 bits per heavy atom. The molecule has 0 bridgehead atoms. The van der Waals surface area contributed by atoms with Gasteiger partial charge in [-0.3, -0.25) is 0 Å². The van der Waals surface area contributed by atoms with Crippen molar-refractivity contribution in [1.82, 2.24) is 19.9 Å². The van der Waals surface area contributed by atoms with Crippen LogP contribution in [-0.2, 0) is 9.16 Å². The number of hydrogen-bond donors (Lipinski definition) is 0. The van der Waals surface area contributed by atoms with E-state index in [0.29, 0.717) is 38.7 Å². The van der Waals surface area contributed by atoms with Crippen LogP contribution in [0.3, 0.4) is 0 Å². The number of anilines is 1. The van der Waals surface area contributed by atoms with Gasteiger partial charge >= 0.3 is 6.01 Å². The van der Waals surface area contributed by atoms with Crippen LogP contribution in [0.15, 0.2) is 0 Å². The van der Waals surface area contributed by atoms with Gasteiger partial charge in [-0.2, -0.15) is 15.0 Å². The quantitative estimate of drug-likeness (QED) is 0.268. The highest BCUT2D eigenvalue weighted by Gasteiger charge is 2.48. The van der Waals surface area contributed by atoms with Gasteiger partial charge in [0, 0.05) is 28.7 Å². The van der Waals surface area contributed by atoms with E-state index in [-0.39, 0.29) is 51.0 Å². The average molecular weight is 627 g/mol. The van der Waals surface area contributed by atoms with Crippen molar-refractivity contribution in [2.45, 2.75) is 89.6 Å². The molecule has 0 unspecified atom stereocenters. The highest BCUT2D eigenvalue weighted by atomic mass is 35.5. The summed E-state index contributed by atoms with van der Waals surface area (Å²) < 4.78 is 64.9. The molecular formula is C30H47ClFN5O4Si. The van der Waals surface area contributed by atoms with E-state index < -0.39 is 26.7 Å². The van der Waals surface area contributed by atoms with Crippen molar-refractivity contribution >= 4 is 36.6 Å². The third kappa shape index (κ3) is 5.96. The van der Waals surface area contributed by atoms with Crippen LogP contribution in [0.4, 0.5) is 10.2 Å². The van der Waals surface area contributed by atoms with Crippen LogP contribution in [0, 0.1) is 11.2 Å². The highest BCUT2D eigenvalue weighted by Crippen LogP contribution is 2.48. The second-order valence-corrected chi connectivity index (χ2v) is 19.0. The van der Waals surface area contributed by atoms with Crippen LogP contribution in [0.25, 0.3) is 10.9 Å². The number of aromatic nitrogens is 3. The van der Waals surface area contributed by atoms with Gasteiger partial charge in [0.1, 0.15) is 16.7 Å². The van der Waals surface area contributed by atoms with E-state index in [0.717, 1.165) is 32.1 Å². The number of halogens is 2. The number of methoxy groups -OCH3 is 1. The Kier molecular flexibility index (Phi) is 7.67. The Balaban J connectivity index is 1.54. The van der Waals surface area contributed by atoms with Gasteiger partial charge in [-0.15, -0.1) is 0 Å². The number of ether oxygens (including phenoxy) is 3. The zero-order valence-electron chi connectivity index (χ0n) is 29.0. The van der Waals surface area contributed by atoms with E-state index in [1.165, 1.54) is 7.11 Å². The molecule has 0 aromatic carbocycles. The molecule has 4 heterocycles. The number of nitrogens with zero attached hydrogens (tertiary/aromatic N) is 5. The van der Waals surface area contributed by atoms with Gasteiger partial charge in [-0.05, 0) is 64.3 Å². The number of rotatable bonds is 7. The van der Waals surface area contributed by atoms with Crippen LogP contribution < -0.4 is 14.4 Å². The molecule has 12 heteroatoms. The molecule has 0 N–H and O–H groups in total. The summed E-state index contributed by atoms with van der Waals surface area (Å²) in [5.41, 5.74) is -1.10. The van der Waals surface area contributed by atoms with Gasteiger partial charge in [-0.1, -0.05) is 38.8 Å². The van der Waals surface area contributed by atoms with Crippen molar-refractivity contribution in [3.63, 3.8) is 0 Å². The molecule has 0 amide bonds. The van der Waals surface area contributed by atoms with Crippen LogP contribution in [0.2, 0.25) is 23.3 Å². The van der Waals surface area contributed by atoms with E-state index in [9.17, 15) is 0 Å². The van der Waals surface area contributed by atoms with E-state index in [1.54, 1.807) is 4.90 Å². The number of piperidine rings is 1.